The number of methoxy groups -OCH3 is 2. The maximum Gasteiger partial charge on any atom is 0.170 e. The Bertz CT molecular complexity index is 512. The SMILES string of the molecule is COC1CN(Cc2ccc(/C(N)=N/O)cc2Cl)CC1OC. The second-order valence-corrected chi connectivity index (χ2v) is 5.44. The fraction of sp³-hybridized carbons (Fsp3) is 0.500. The van der Waals surface area contributed by atoms with Crippen molar-refractivity contribution in [2.75, 3.05) is 27.3 Å². The van der Waals surface area contributed by atoms with Crippen molar-refractivity contribution in [2.24, 2.45) is 10.9 Å². The number of nitrogens with two attached hydrogens (primary N) is 1. The van der Waals surface area contributed by atoms with Crippen LogP contribution in [0.15, 0.2) is 23.4 Å². The maximum atomic E-state index is 8.67. The highest BCUT2D eigenvalue weighted by atomic mass is 35.5. The molecule has 0 radical (unpaired) electrons. The largest absolute Gasteiger partial charge is 0.409 e. The number of hydrogen-bond donors (Lipinski definition) is 2. The Kier molecular flexibility index (Phi) is 5.41. The lowest BCUT2D eigenvalue weighted by atomic mass is 10.1. The summed E-state index contributed by atoms with van der Waals surface area (Å²) >= 11 is 6.27. The van der Waals surface area contributed by atoms with E-state index in [0.717, 1.165) is 18.7 Å². The van der Waals surface area contributed by atoms with Gasteiger partial charge in [-0.1, -0.05) is 28.9 Å². The number of amidine groups is 1. The molecule has 6 nitrogen and oxygen atoms in total. The molecule has 21 heavy (non-hydrogen) atoms. The lowest BCUT2D eigenvalue weighted by molar-refractivity contribution is -0.00461. The molecule has 7 heteroatoms. The zero-order chi connectivity index (χ0) is 15.4. The highest BCUT2D eigenvalue weighted by molar-refractivity contribution is 6.31. The number of oxime groups is 1. The molecule has 3 N–H and O–H groups in total. The monoisotopic (exact) mass is 313 g/mol. The lowest BCUT2D eigenvalue weighted by Gasteiger charge is -2.16. The van der Waals surface area contributed by atoms with Gasteiger partial charge in [0.25, 0.3) is 0 Å². The predicted molar refractivity (Wildman–Crippen MR) is 80.8 cm³/mol. The van der Waals surface area contributed by atoms with Gasteiger partial charge < -0.3 is 20.4 Å². The molecule has 0 saturated carbocycles. The molecule has 0 spiro atoms. The van der Waals surface area contributed by atoms with E-state index in [1.165, 1.54) is 0 Å². The van der Waals surface area contributed by atoms with Crippen LogP contribution in [0.4, 0.5) is 0 Å². The van der Waals surface area contributed by atoms with Gasteiger partial charge in [-0.25, -0.2) is 0 Å². The van der Waals surface area contributed by atoms with E-state index in [4.69, 9.17) is 32.0 Å². The Balaban J connectivity index is 2.07. The first kappa shape index (κ1) is 16.0. The number of benzene rings is 1. The van der Waals surface area contributed by atoms with Crippen LogP contribution < -0.4 is 5.73 Å². The number of nitrogens with zero attached hydrogens (tertiary/aromatic N) is 2. The minimum Gasteiger partial charge on any atom is -0.409 e. The molecule has 1 heterocycles. The van der Waals surface area contributed by atoms with Gasteiger partial charge in [-0.2, -0.15) is 0 Å². The van der Waals surface area contributed by atoms with E-state index in [1.54, 1.807) is 26.4 Å². The van der Waals surface area contributed by atoms with Gasteiger partial charge >= 0.3 is 0 Å². The smallest absolute Gasteiger partial charge is 0.170 e. The fourth-order valence-corrected chi connectivity index (χ4v) is 2.77. The van der Waals surface area contributed by atoms with Crippen LogP contribution in [0.3, 0.4) is 0 Å². The number of hydrogen-bond acceptors (Lipinski definition) is 5. The van der Waals surface area contributed by atoms with Crippen LogP contribution in [-0.4, -0.2) is 55.5 Å². The minimum atomic E-state index is 0.0449. The number of ether oxygens (including phenoxy) is 2. The van der Waals surface area contributed by atoms with E-state index in [9.17, 15) is 0 Å². The summed E-state index contributed by atoms with van der Waals surface area (Å²) in [5.41, 5.74) is 7.13. The molecule has 1 aromatic rings. The Morgan fingerprint density at radius 2 is 2.00 bits per heavy atom. The number of rotatable bonds is 5. The summed E-state index contributed by atoms with van der Waals surface area (Å²) < 4.78 is 10.8. The number of likely N-dealkylation sites (tertiary alicyclic amines) is 1. The van der Waals surface area contributed by atoms with E-state index in [-0.39, 0.29) is 18.0 Å². The Morgan fingerprint density at radius 3 is 2.48 bits per heavy atom. The van der Waals surface area contributed by atoms with Crippen LogP contribution in [0, 0.1) is 0 Å². The van der Waals surface area contributed by atoms with Crippen molar-refractivity contribution in [3.8, 4) is 0 Å². The summed E-state index contributed by atoms with van der Waals surface area (Å²) in [6.07, 6.45) is 0.149. The van der Waals surface area contributed by atoms with Crippen molar-refractivity contribution in [1.29, 1.82) is 0 Å². The third-order valence-electron chi connectivity index (χ3n) is 3.75. The molecule has 2 rings (SSSR count). The first-order valence-electron chi connectivity index (χ1n) is 6.63. The van der Waals surface area contributed by atoms with Crippen LogP contribution in [0.2, 0.25) is 5.02 Å². The van der Waals surface area contributed by atoms with Crippen LogP contribution in [0.1, 0.15) is 11.1 Å². The van der Waals surface area contributed by atoms with Gasteiger partial charge in [0, 0.05) is 44.4 Å². The molecule has 1 aliphatic rings. The van der Waals surface area contributed by atoms with Crippen molar-refractivity contribution in [1.82, 2.24) is 4.90 Å². The quantitative estimate of drug-likeness (QED) is 0.370. The molecule has 116 valence electrons. The van der Waals surface area contributed by atoms with Gasteiger partial charge in [0.2, 0.25) is 0 Å². The highest BCUT2D eigenvalue weighted by Gasteiger charge is 2.32. The molecule has 0 bridgehead atoms. The maximum absolute atomic E-state index is 8.67. The molecule has 0 aliphatic carbocycles. The zero-order valence-corrected chi connectivity index (χ0v) is 12.9. The van der Waals surface area contributed by atoms with Crippen LogP contribution in [-0.2, 0) is 16.0 Å². The van der Waals surface area contributed by atoms with Crippen molar-refractivity contribution >= 4 is 17.4 Å². The van der Waals surface area contributed by atoms with E-state index >= 15 is 0 Å². The van der Waals surface area contributed by atoms with Crippen molar-refractivity contribution < 1.29 is 14.7 Å². The Labute approximate surface area is 129 Å². The standard InChI is InChI=1S/C14H20ClN3O3/c1-20-12-7-18(8-13(12)21-2)6-10-4-3-9(5-11(10)15)14(16)17-19/h3-5,12-13,19H,6-8H2,1-2H3,(H2,16,17). The fourth-order valence-electron chi connectivity index (χ4n) is 2.53. The summed E-state index contributed by atoms with van der Waals surface area (Å²) in [5, 5.41) is 12.2. The van der Waals surface area contributed by atoms with Gasteiger partial charge in [-0.05, 0) is 11.6 Å². The lowest BCUT2D eigenvalue weighted by Crippen LogP contribution is -2.27. The second-order valence-electron chi connectivity index (χ2n) is 5.03. The molecule has 0 aromatic heterocycles. The predicted octanol–water partition coefficient (Wildman–Crippen LogP) is 1.28. The topological polar surface area (TPSA) is 80.3 Å². The molecule has 2 atom stereocenters. The highest BCUT2D eigenvalue weighted by Crippen LogP contribution is 2.23. The summed E-state index contributed by atoms with van der Waals surface area (Å²) in [6.45, 7) is 2.30. The average Bonchev–Trinajstić information content (AvgIpc) is 2.90. The summed E-state index contributed by atoms with van der Waals surface area (Å²) in [5.74, 6) is 0.0449. The molecule has 2 unspecified atom stereocenters. The van der Waals surface area contributed by atoms with E-state index < -0.39 is 0 Å². The Hall–Kier alpha value is -1.34. The van der Waals surface area contributed by atoms with E-state index in [0.29, 0.717) is 17.1 Å². The second kappa shape index (κ2) is 7.09. The number of halogens is 1. The average molecular weight is 314 g/mol. The first-order valence-corrected chi connectivity index (χ1v) is 7.01. The minimum absolute atomic E-state index is 0.0449. The van der Waals surface area contributed by atoms with E-state index in [2.05, 4.69) is 10.1 Å². The Morgan fingerprint density at radius 1 is 1.38 bits per heavy atom. The van der Waals surface area contributed by atoms with Crippen molar-refractivity contribution in [3.63, 3.8) is 0 Å². The van der Waals surface area contributed by atoms with Gasteiger partial charge in [0.15, 0.2) is 5.84 Å². The van der Waals surface area contributed by atoms with Gasteiger partial charge in [-0.3, -0.25) is 4.90 Å². The van der Waals surface area contributed by atoms with Gasteiger partial charge in [-0.15, -0.1) is 0 Å². The molecular formula is C14H20ClN3O3. The zero-order valence-electron chi connectivity index (χ0n) is 12.1. The van der Waals surface area contributed by atoms with Crippen LogP contribution in [0.25, 0.3) is 0 Å². The molecule has 1 saturated heterocycles. The van der Waals surface area contributed by atoms with Gasteiger partial charge in [0.1, 0.15) is 0 Å². The summed E-state index contributed by atoms with van der Waals surface area (Å²) in [4.78, 5) is 2.23. The molecule has 1 aromatic carbocycles. The first-order chi connectivity index (χ1) is 10.1. The molecule has 1 fully saturated rings. The third kappa shape index (κ3) is 3.65. The van der Waals surface area contributed by atoms with Crippen molar-refractivity contribution in [2.45, 2.75) is 18.8 Å². The summed E-state index contributed by atoms with van der Waals surface area (Å²) in [7, 11) is 3.39. The third-order valence-corrected chi connectivity index (χ3v) is 4.10. The van der Waals surface area contributed by atoms with Crippen LogP contribution in [0.5, 0.6) is 0 Å². The molecule has 0 amide bonds. The van der Waals surface area contributed by atoms with Gasteiger partial charge in [0.05, 0.1) is 12.2 Å². The van der Waals surface area contributed by atoms with Crippen LogP contribution >= 0.6 is 11.6 Å². The normalized spacial score (nSPS) is 23.7. The summed E-state index contributed by atoms with van der Waals surface area (Å²) in [6, 6.07) is 5.37. The van der Waals surface area contributed by atoms with Crippen molar-refractivity contribution in [3.05, 3.63) is 34.3 Å². The molecular weight excluding hydrogens is 294 g/mol. The van der Waals surface area contributed by atoms with E-state index in [1.807, 2.05) is 6.07 Å². The molecule has 1 aliphatic heterocycles.